The first-order chi connectivity index (χ1) is 10.6. The summed E-state index contributed by atoms with van der Waals surface area (Å²) in [6.07, 6.45) is 0. The Balaban J connectivity index is 1.99. The summed E-state index contributed by atoms with van der Waals surface area (Å²) in [7, 11) is 0. The number of hydrogen-bond acceptors (Lipinski definition) is 3. The van der Waals surface area contributed by atoms with E-state index in [1.807, 2.05) is 17.0 Å². The SMILES string of the molecule is CCN(CC)c1ccc(C(=O)N2CCN(C(C)C)CC2)cc1. The predicted molar refractivity (Wildman–Crippen MR) is 92.6 cm³/mol. The van der Waals surface area contributed by atoms with Crippen LogP contribution in [0.4, 0.5) is 5.69 Å². The Labute approximate surface area is 134 Å². The largest absolute Gasteiger partial charge is 0.372 e. The number of nitrogens with zero attached hydrogens (tertiary/aromatic N) is 3. The number of hydrogen-bond donors (Lipinski definition) is 0. The zero-order valence-electron chi connectivity index (χ0n) is 14.4. The first kappa shape index (κ1) is 16.8. The van der Waals surface area contributed by atoms with E-state index in [2.05, 4.69) is 49.6 Å². The van der Waals surface area contributed by atoms with Crippen LogP contribution in [-0.4, -0.2) is 61.0 Å². The van der Waals surface area contributed by atoms with Crippen LogP contribution in [0.2, 0.25) is 0 Å². The van der Waals surface area contributed by atoms with Crippen LogP contribution in [-0.2, 0) is 0 Å². The highest BCUT2D eigenvalue weighted by molar-refractivity contribution is 5.94. The second-order valence-electron chi connectivity index (χ2n) is 6.14. The van der Waals surface area contributed by atoms with Gasteiger partial charge >= 0.3 is 0 Å². The molecular weight excluding hydrogens is 274 g/mol. The van der Waals surface area contributed by atoms with E-state index in [1.165, 1.54) is 5.69 Å². The molecule has 0 aliphatic carbocycles. The van der Waals surface area contributed by atoms with E-state index < -0.39 is 0 Å². The van der Waals surface area contributed by atoms with Crippen LogP contribution in [0.5, 0.6) is 0 Å². The summed E-state index contributed by atoms with van der Waals surface area (Å²) >= 11 is 0. The van der Waals surface area contributed by atoms with Gasteiger partial charge in [0.15, 0.2) is 0 Å². The molecule has 0 N–H and O–H groups in total. The second-order valence-corrected chi connectivity index (χ2v) is 6.14. The molecule has 1 fully saturated rings. The topological polar surface area (TPSA) is 26.8 Å². The van der Waals surface area contributed by atoms with Gasteiger partial charge in [-0.2, -0.15) is 0 Å². The summed E-state index contributed by atoms with van der Waals surface area (Å²) in [4.78, 5) is 19.3. The summed E-state index contributed by atoms with van der Waals surface area (Å²) in [5, 5.41) is 0. The molecule has 1 saturated heterocycles. The van der Waals surface area contributed by atoms with Crippen LogP contribution >= 0.6 is 0 Å². The molecule has 0 radical (unpaired) electrons. The maximum Gasteiger partial charge on any atom is 0.253 e. The third-order valence-corrected chi connectivity index (χ3v) is 4.57. The lowest BCUT2D eigenvalue weighted by Gasteiger charge is -2.37. The molecule has 2 rings (SSSR count). The average molecular weight is 303 g/mol. The summed E-state index contributed by atoms with van der Waals surface area (Å²) in [6, 6.07) is 8.61. The van der Waals surface area contributed by atoms with Crippen LogP contribution in [0.15, 0.2) is 24.3 Å². The maximum absolute atomic E-state index is 12.6. The zero-order valence-corrected chi connectivity index (χ0v) is 14.4. The van der Waals surface area contributed by atoms with Crippen molar-refractivity contribution in [1.82, 2.24) is 9.80 Å². The molecule has 1 aliphatic rings. The van der Waals surface area contributed by atoms with Crippen molar-refractivity contribution in [3.63, 3.8) is 0 Å². The van der Waals surface area contributed by atoms with Crippen molar-refractivity contribution >= 4 is 11.6 Å². The lowest BCUT2D eigenvalue weighted by Crippen LogP contribution is -2.50. The van der Waals surface area contributed by atoms with E-state index in [-0.39, 0.29) is 5.91 Å². The van der Waals surface area contributed by atoms with Crippen molar-refractivity contribution in [2.45, 2.75) is 33.7 Å². The van der Waals surface area contributed by atoms with Crippen LogP contribution in [0.1, 0.15) is 38.1 Å². The fraction of sp³-hybridized carbons (Fsp3) is 0.611. The van der Waals surface area contributed by atoms with Gasteiger partial charge in [-0.25, -0.2) is 0 Å². The van der Waals surface area contributed by atoms with Crippen molar-refractivity contribution in [1.29, 1.82) is 0 Å². The van der Waals surface area contributed by atoms with Gasteiger partial charge in [-0.1, -0.05) is 0 Å². The van der Waals surface area contributed by atoms with Crippen molar-refractivity contribution in [3.8, 4) is 0 Å². The molecule has 22 heavy (non-hydrogen) atoms. The van der Waals surface area contributed by atoms with Crippen molar-refractivity contribution in [2.24, 2.45) is 0 Å². The molecule has 4 heteroatoms. The van der Waals surface area contributed by atoms with Crippen LogP contribution in [0, 0.1) is 0 Å². The van der Waals surface area contributed by atoms with Gasteiger partial charge in [-0.15, -0.1) is 0 Å². The third-order valence-electron chi connectivity index (χ3n) is 4.57. The quantitative estimate of drug-likeness (QED) is 0.837. The second kappa shape index (κ2) is 7.63. The molecule has 1 amide bonds. The molecule has 1 aromatic rings. The van der Waals surface area contributed by atoms with Crippen LogP contribution < -0.4 is 4.90 Å². The maximum atomic E-state index is 12.6. The molecule has 1 aromatic carbocycles. The molecule has 0 aromatic heterocycles. The Morgan fingerprint density at radius 2 is 1.59 bits per heavy atom. The Morgan fingerprint density at radius 1 is 1.05 bits per heavy atom. The van der Waals surface area contributed by atoms with Gasteiger partial charge in [0.05, 0.1) is 0 Å². The Bertz CT molecular complexity index is 472. The Kier molecular flexibility index (Phi) is 5.83. The van der Waals surface area contributed by atoms with E-state index >= 15 is 0 Å². The highest BCUT2D eigenvalue weighted by Crippen LogP contribution is 2.17. The van der Waals surface area contributed by atoms with Crippen LogP contribution in [0.25, 0.3) is 0 Å². The standard InChI is InChI=1S/C18H29N3O/c1-5-19(6-2)17-9-7-16(8-10-17)18(22)21-13-11-20(12-14-21)15(3)4/h7-10,15H,5-6,11-14H2,1-4H3. The molecule has 0 saturated carbocycles. The lowest BCUT2D eigenvalue weighted by molar-refractivity contribution is 0.0595. The van der Waals surface area contributed by atoms with Gasteiger partial charge in [-0.3, -0.25) is 9.69 Å². The summed E-state index contributed by atoms with van der Waals surface area (Å²) in [6.45, 7) is 14.3. The minimum absolute atomic E-state index is 0.162. The van der Waals surface area contributed by atoms with Gasteiger partial charge in [-0.05, 0) is 52.0 Å². The number of carbonyl (C=O) groups excluding carboxylic acids is 1. The fourth-order valence-corrected chi connectivity index (χ4v) is 3.03. The predicted octanol–water partition coefficient (Wildman–Crippen LogP) is 2.70. The van der Waals surface area contributed by atoms with Gasteiger partial charge in [0.25, 0.3) is 5.91 Å². The first-order valence-corrected chi connectivity index (χ1v) is 8.45. The van der Waals surface area contributed by atoms with Gasteiger partial charge in [0.2, 0.25) is 0 Å². The molecular formula is C18H29N3O. The van der Waals surface area contributed by atoms with Crippen molar-refractivity contribution in [2.75, 3.05) is 44.2 Å². The minimum Gasteiger partial charge on any atom is -0.372 e. The van der Waals surface area contributed by atoms with E-state index in [4.69, 9.17) is 0 Å². The highest BCUT2D eigenvalue weighted by Gasteiger charge is 2.23. The number of anilines is 1. The summed E-state index contributed by atoms with van der Waals surface area (Å²) in [5.41, 5.74) is 1.99. The Hall–Kier alpha value is -1.55. The number of rotatable bonds is 5. The molecule has 0 atom stereocenters. The number of piperazine rings is 1. The molecule has 4 nitrogen and oxygen atoms in total. The molecule has 0 bridgehead atoms. The molecule has 1 heterocycles. The smallest absolute Gasteiger partial charge is 0.253 e. The molecule has 1 aliphatic heterocycles. The Morgan fingerprint density at radius 3 is 2.05 bits per heavy atom. The number of carbonyl (C=O) groups is 1. The fourth-order valence-electron chi connectivity index (χ4n) is 3.03. The van der Waals surface area contributed by atoms with E-state index in [0.29, 0.717) is 6.04 Å². The van der Waals surface area contributed by atoms with Crippen LogP contribution in [0.3, 0.4) is 0 Å². The monoisotopic (exact) mass is 303 g/mol. The number of amides is 1. The normalized spacial score (nSPS) is 16.1. The van der Waals surface area contributed by atoms with E-state index in [1.54, 1.807) is 0 Å². The summed E-state index contributed by atoms with van der Waals surface area (Å²) < 4.78 is 0. The average Bonchev–Trinajstić information content (AvgIpc) is 2.56. The third kappa shape index (κ3) is 3.80. The van der Waals surface area contributed by atoms with E-state index in [9.17, 15) is 4.79 Å². The number of benzene rings is 1. The van der Waals surface area contributed by atoms with Gasteiger partial charge in [0.1, 0.15) is 0 Å². The van der Waals surface area contributed by atoms with E-state index in [0.717, 1.165) is 44.8 Å². The first-order valence-electron chi connectivity index (χ1n) is 8.45. The van der Waals surface area contributed by atoms with Gasteiger partial charge < -0.3 is 9.80 Å². The lowest BCUT2D eigenvalue weighted by atomic mass is 10.1. The van der Waals surface area contributed by atoms with Gasteiger partial charge in [0, 0.05) is 56.6 Å². The molecule has 0 spiro atoms. The van der Waals surface area contributed by atoms with Crippen molar-refractivity contribution < 1.29 is 4.79 Å². The zero-order chi connectivity index (χ0) is 16.1. The molecule has 122 valence electrons. The highest BCUT2D eigenvalue weighted by atomic mass is 16.2. The molecule has 0 unspecified atom stereocenters. The summed E-state index contributed by atoms with van der Waals surface area (Å²) in [5.74, 6) is 0.162. The van der Waals surface area contributed by atoms with Crippen molar-refractivity contribution in [3.05, 3.63) is 29.8 Å². The minimum atomic E-state index is 0.162.